The number of hydrogen-bond donors (Lipinski definition) is 2. The van der Waals surface area contributed by atoms with E-state index in [1.165, 1.54) is 6.08 Å². The summed E-state index contributed by atoms with van der Waals surface area (Å²) in [5.41, 5.74) is 1.45. The zero-order valence-corrected chi connectivity index (χ0v) is 12.7. The zero-order valence-electron chi connectivity index (χ0n) is 12.7. The largest absolute Gasteiger partial charge is 0.478 e. The molecular weight excluding hydrogens is 268 g/mol. The maximum Gasteiger partial charge on any atom is 0.328 e. The van der Waals surface area contributed by atoms with Gasteiger partial charge in [0.2, 0.25) is 0 Å². The molecule has 0 spiro atoms. The second kappa shape index (κ2) is 8.09. The Bertz CT molecular complexity index is 507. The van der Waals surface area contributed by atoms with E-state index in [4.69, 9.17) is 5.11 Å². The van der Waals surface area contributed by atoms with Crippen LogP contribution in [0.1, 0.15) is 25.8 Å². The van der Waals surface area contributed by atoms with E-state index in [2.05, 4.69) is 19.2 Å². The average Bonchev–Trinajstić information content (AvgIpc) is 2.43. The fourth-order valence-electron chi connectivity index (χ4n) is 1.62. The second-order valence-electron chi connectivity index (χ2n) is 5.33. The number of carboxylic acid groups (broad SMARTS) is 1. The molecular formula is C16H22N2O3. The molecule has 0 aliphatic carbocycles. The van der Waals surface area contributed by atoms with Crippen molar-refractivity contribution in [3.8, 4) is 0 Å². The van der Waals surface area contributed by atoms with Crippen LogP contribution in [0.5, 0.6) is 0 Å². The first kappa shape index (κ1) is 16.8. The maximum atomic E-state index is 11.9. The smallest absolute Gasteiger partial charge is 0.328 e. The number of urea groups is 1. The predicted molar refractivity (Wildman–Crippen MR) is 84.2 cm³/mol. The van der Waals surface area contributed by atoms with E-state index in [9.17, 15) is 9.59 Å². The van der Waals surface area contributed by atoms with Gasteiger partial charge in [0.1, 0.15) is 0 Å². The van der Waals surface area contributed by atoms with Crippen molar-refractivity contribution in [2.24, 2.45) is 5.92 Å². The Morgan fingerprint density at radius 2 is 1.90 bits per heavy atom. The van der Waals surface area contributed by atoms with Crippen molar-refractivity contribution in [2.45, 2.75) is 20.3 Å². The molecule has 114 valence electrons. The molecule has 0 heterocycles. The van der Waals surface area contributed by atoms with Gasteiger partial charge in [-0.3, -0.25) is 0 Å². The third kappa shape index (κ3) is 6.61. The molecule has 5 heteroatoms. The summed E-state index contributed by atoms with van der Waals surface area (Å²) in [6.45, 7) is 4.95. The highest BCUT2D eigenvalue weighted by atomic mass is 16.4. The molecule has 0 saturated carbocycles. The summed E-state index contributed by atoms with van der Waals surface area (Å²) in [6, 6.07) is 6.85. The normalized spacial score (nSPS) is 10.9. The zero-order chi connectivity index (χ0) is 15.8. The third-order valence-electron chi connectivity index (χ3n) is 2.97. The number of aliphatic carboxylic acids is 1. The van der Waals surface area contributed by atoms with E-state index in [0.717, 1.165) is 18.1 Å². The Labute approximate surface area is 125 Å². The van der Waals surface area contributed by atoms with E-state index >= 15 is 0 Å². The summed E-state index contributed by atoms with van der Waals surface area (Å²) in [5.74, 6) is -0.431. The lowest BCUT2D eigenvalue weighted by molar-refractivity contribution is -0.131. The summed E-state index contributed by atoms with van der Waals surface area (Å²) in [5, 5.41) is 11.4. The van der Waals surface area contributed by atoms with Gasteiger partial charge >= 0.3 is 12.0 Å². The number of carbonyl (C=O) groups excluding carboxylic acids is 1. The molecule has 1 rings (SSSR count). The minimum absolute atomic E-state index is 0.149. The Morgan fingerprint density at radius 1 is 1.29 bits per heavy atom. The minimum Gasteiger partial charge on any atom is -0.478 e. The molecule has 21 heavy (non-hydrogen) atoms. The van der Waals surface area contributed by atoms with Crippen LogP contribution in [0.3, 0.4) is 0 Å². The van der Waals surface area contributed by atoms with Gasteiger partial charge in [-0.1, -0.05) is 26.0 Å². The summed E-state index contributed by atoms with van der Waals surface area (Å²) < 4.78 is 0. The number of amides is 2. The molecule has 0 radical (unpaired) electrons. The fourth-order valence-corrected chi connectivity index (χ4v) is 1.62. The molecule has 0 aliphatic heterocycles. The highest BCUT2D eigenvalue weighted by Gasteiger charge is 2.08. The number of benzene rings is 1. The predicted octanol–water partition coefficient (Wildman–Crippen LogP) is 3.29. The highest BCUT2D eigenvalue weighted by molar-refractivity contribution is 5.89. The van der Waals surface area contributed by atoms with Crippen molar-refractivity contribution in [3.05, 3.63) is 35.9 Å². The van der Waals surface area contributed by atoms with Crippen molar-refractivity contribution in [1.29, 1.82) is 0 Å². The summed E-state index contributed by atoms with van der Waals surface area (Å²) in [7, 11) is 1.77. The van der Waals surface area contributed by atoms with Crippen molar-refractivity contribution < 1.29 is 14.7 Å². The molecule has 0 unspecified atom stereocenters. The van der Waals surface area contributed by atoms with Crippen LogP contribution in [0.4, 0.5) is 10.5 Å². The van der Waals surface area contributed by atoms with E-state index in [-0.39, 0.29) is 6.03 Å². The Kier molecular flexibility index (Phi) is 6.46. The molecule has 0 aliphatic rings. The van der Waals surface area contributed by atoms with E-state index in [0.29, 0.717) is 18.2 Å². The number of rotatable bonds is 6. The Hall–Kier alpha value is -2.30. The first-order chi connectivity index (χ1) is 9.88. The minimum atomic E-state index is -0.987. The SMILES string of the molecule is CC(C)CCN(C)C(=O)Nc1ccc(C=CC(=O)O)cc1. The van der Waals surface area contributed by atoms with Crippen LogP contribution >= 0.6 is 0 Å². The fraction of sp³-hybridized carbons (Fsp3) is 0.375. The monoisotopic (exact) mass is 290 g/mol. The van der Waals surface area contributed by atoms with Gasteiger partial charge in [0, 0.05) is 25.4 Å². The van der Waals surface area contributed by atoms with Crippen molar-refractivity contribution >= 4 is 23.8 Å². The van der Waals surface area contributed by atoms with Gasteiger partial charge in [-0.15, -0.1) is 0 Å². The van der Waals surface area contributed by atoms with E-state index < -0.39 is 5.97 Å². The summed E-state index contributed by atoms with van der Waals surface area (Å²) in [6.07, 6.45) is 3.54. The quantitative estimate of drug-likeness (QED) is 0.790. The number of anilines is 1. The number of nitrogens with zero attached hydrogens (tertiary/aromatic N) is 1. The first-order valence-electron chi connectivity index (χ1n) is 6.91. The number of nitrogens with one attached hydrogen (secondary N) is 1. The van der Waals surface area contributed by atoms with Crippen LogP contribution in [0.2, 0.25) is 0 Å². The van der Waals surface area contributed by atoms with Crippen molar-refractivity contribution in [1.82, 2.24) is 4.90 Å². The van der Waals surface area contributed by atoms with Gasteiger partial charge in [0.25, 0.3) is 0 Å². The molecule has 5 nitrogen and oxygen atoms in total. The lowest BCUT2D eigenvalue weighted by Gasteiger charge is -2.19. The molecule has 2 amide bonds. The lowest BCUT2D eigenvalue weighted by atomic mass is 10.1. The topological polar surface area (TPSA) is 69.6 Å². The van der Waals surface area contributed by atoms with Crippen molar-refractivity contribution in [3.63, 3.8) is 0 Å². The molecule has 0 saturated heterocycles. The summed E-state index contributed by atoms with van der Waals surface area (Å²) >= 11 is 0. The number of carbonyl (C=O) groups is 2. The third-order valence-corrected chi connectivity index (χ3v) is 2.97. The first-order valence-corrected chi connectivity index (χ1v) is 6.91. The highest BCUT2D eigenvalue weighted by Crippen LogP contribution is 2.12. The van der Waals surface area contributed by atoms with Crippen LogP contribution in [0.15, 0.2) is 30.3 Å². The van der Waals surface area contributed by atoms with Crippen LogP contribution in [0.25, 0.3) is 6.08 Å². The molecule has 1 aromatic rings. The number of carboxylic acids is 1. The summed E-state index contributed by atoms with van der Waals surface area (Å²) in [4.78, 5) is 24.0. The van der Waals surface area contributed by atoms with E-state index in [1.807, 2.05) is 0 Å². The van der Waals surface area contributed by atoms with Crippen LogP contribution in [-0.2, 0) is 4.79 Å². The average molecular weight is 290 g/mol. The molecule has 0 fully saturated rings. The number of hydrogen-bond acceptors (Lipinski definition) is 2. The van der Waals surface area contributed by atoms with Crippen LogP contribution < -0.4 is 5.32 Å². The Balaban J connectivity index is 2.55. The van der Waals surface area contributed by atoms with Crippen LogP contribution in [-0.4, -0.2) is 35.6 Å². The standard InChI is InChI=1S/C16H22N2O3/c1-12(2)10-11-18(3)16(21)17-14-7-4-13(5-8-14)6-9-15(19)20/h4-9,12H,10-11H2,1-3H3,(H,17,21)(H,19,20). The van der Waals surface area contributed by atoms with Gasteiger partial charge in [-0.05, 0) is 36.1 Å². The lowest BCUT2D eigenvalue weighted by Crippen LogP contribution is -2.32. The van der Waals surface area contributed by atoms with Gasteiger partial charge in [-0.2, -0.15) is 0 Å². The molecule has 0 atom stereocenters. The molecule has 0 aromatic heterocycles. The van der Waals surface area contributed by atoms with Crippen LogP contribution in [0, 0.1) is 5.92 Å². The van der Waals surface area contributed by atoms with E-state index in [1.54, 1.807) is 36.2 Å². The molecule has 2 N–H and O–H groups in total. The molecule has 1 aromatic carbocycles. The van der Waals surface area contributed by atoms with Gasteiger partial charge in [0.05, 0.1) is 0 Å². The maximum absolute atomic E-state index is 11.9. The van der Waals surface area contributed by atoms with Gasteiger partial charge in [-0.25, -0.2) is 9.59 Å². The Morgan fingerprint density at radius 3 is 2.43 bits per heavy atom. The second-order valence-corrected chi connectivity index (χ2v) is 5.33. The molecule has 0 bridgehead atoms. The van der Waals surface area contributed by atoms with Gasteiger partial charge in [0.15, 0.2) is 0 Å². The van der Waals surface area contributed by atoms with Gasteiger partial charge < -0.3 is 15.3 Å². The van der Waals surface area contributed by atoms with Crippen molar-refractivity contribution in [2.75, 3.05) is 18.9 Å².